The second-order valence-electron chi connectivity index (χ2n) is 5.95. The van der Waals surface area contributed by atoms with Gasteiger partial charge in [0.2, 0.25) is 0 Å². The van der Waals surface area contributed by atoms with Crippen LogP contribution in [0.15, 0.2) is 9.59 Å². The summed E-state index contributed by atoms with van der Waals surface area (Å²) in [7, 11) is 1.49. The monoisotopic (exact) mass is 266 g/mol. The fraction of sp³-hybridized carbons (Fsp3) is 0.692. The first kappa shape index (κ1) is 13.7. The highest BCUT2D eigenvalue weighted by Gasteiger charge is 2.46. The molecule has 6 heteroatoms. The molecule has 1 aliphatic rings. The Morgan fingerprint density at radius 1 is 1.42 bits per heavy atom. The second kappa shape index (κ2) is 4.43. The average Bonchev–Trinajstić information content (AvgIpc) is 2.95. The molecule has 0 radical (unpaired) electrons. The molecule has 2 rings (SSSR count). The highest BCUT2D eigenvalue weighted by Crippen LogP contribution is 2.46. The molecule has 1 saturated carbocycles. The summed E-state index contributed by atoms with van der Waals surface area (Å²) in [4.78, 5) is 24.1. The molecular formula is C13H22N4O2. The van der Waals surface area contributed by atoms with Gasteiger partial charge in [-0.15, -0.1) is 0 Å². The van der Waals surface area contributed by atoms with Crippen molar-refractivity contribution in [2.75, 3.05) is 11.1 Å². The van der Waals surface area contributed by atoms with Gasteiger partial charge in [0.15, 0.2) is 0 Å². The summed E-state index contributed by atoms with van der Waals surface area (Å²) in [5.41, 5.74) is 5.82. The van der Waals surface area contributed by atoms with Gasteiger partial charge >= 0.3 is 5.69 Å². The molecule has 1 aliphatic carbocycles. The van der Waals surface area contributed by atoms with E-state index in [1.54, 1.807) is 0 Å². The van der Waals surface area contributed by atoms with E-state index in [0.717, 1.165) is 17.4 Å². The Labute approximate surface area is 112 Å². The minimum absolute atomic E-state index is 0.184. The molecule has 0 aromatic carbocycles. The van der Waals surface area contributed by atoms with E-state index in [4.69, 9.17) is 5.73 Å². The van der Waals surface area contributed by atoms with Crippen molar-refractivity contribution in [2.24, 2.45) is 12.5 Å². The number of hydrogen-bond donors (Lipinski definition) is 2. The number of nitrogens with zero attached hydrogens (tertiary/aromatic N) is 2. The van der Waals surface area contributed by atoms with Gasteiger partial charge in [0.1, 0.15) is 11.5 Å². The van der Waals surface area contributed by atoms with E-state index in [1.807, 2.05) is 6.92 Å². The van der Waals surface area contributed by atoms with Gasteiger partial charge in [0.25, 0.3) is 5.56 Å². The van der Waals surface area contributed by atoms with E-state index in [1.165, 1.54) is 11.6 Å². The normalized spacial score (nSPS) is 20.3. The standard InChI is InChI=1S/C13H22N4O2/c1-5-6-17-10(14)9(11(18)16(4)12(17)19)15-8-7-13(8,2)3/h8,15H,5-7,14H2,1-4H3. The van der Waals surface area contributed by atoms with Crippen molar-refractivity contribution in [1.29, 1.82) is 0 Å². The van der Waals surface area contributed by atoms with Crippen molar-refractivity contribution < 1.29 is 0 Å². The van der Waals surface area contributed by atoms with Crippen LogP contribution in [0.1, 0.15) is 33.6 Å². The first-order valence-corrected chi connectivity index (χ1v) is 6.65. The van der Waals surface area contributed by atoms with Crippen LogP contribution in [0, 0.1) is 5.41 Å². The third-order valence-corrected chi connectivity index (χ3v) is 3.86. The molecule has 0 aliphatic heterocycles. The molecule has 0 amide bonds. The van der Waals surface area contributed by atoms with Crippen molar-refractivity contribution in [3.8, 4) is 0 Å². The number of hydrogen-bond acceptors (Lipinski definition) is 4. The smallest absolute Gasteiger partial charge is 0.332 e. The van der Waals surface area contributed by atoms with Gasteiger partial charge in [-0.05, 0) is 18.3 Å². The van der Waals surface area contributed by atoms with Crippen LogP contribution in [-0.4, -0.2) is 15.2 Å². The summed E-state index contributed by atoms with van der Waals surface area (Å²) in [6.45, 7) is 6.75. The molecule has 0 bridgehead atoms. The summed E-state index contributed by atoms with van der Waals surface area (Å²) in [6, 6.07) is 0.245. The number of anilines is 2. The Morgan fingerprint density at radius 2 is 2.00 bits per heavy atom. The van der Waals surface area contributed by atoms with E-state index >= 15 is 0 Å². The molecule has 1 aromatic heterocycles. The van der Waals surface area contributed by atoms with Crippen LogP contribution in [0.25, 0.3) is 0 Å². The predicted octanol–water partition coefficient (Wildman–Crippen LogP) is 0.750. The molecule has 0 spiro atoms. The zero-order chi connectivity index (χ0) is 14.4. The maximum atomic E-state index is 12.1. The van der Waals surface area contributed by atoms with Gasteiger partial charge in [0.05, 0.1) is 0 Å². The van der Waals surface area contributed by atoms with Crippen molar-refractivity contribution in [1.82, 2.24) is 9.13 Å². The zero-order valence-electron chi connectivity index (χ0n) is 12.0. The summed E-state index contributed by atoms with van der Waals surface area (Å²) in [5, 5.41) is 3.19. The average molecular weight is 266 g/mol. The number of aromatic nitrogens is 2. The van der Waals surface area contributed by atoms with E-state index in [2.05, 4.69) is 19.2 Å². The molecule has 1 aromatic rings. The van der Waals surface area contributed by atoms with E-state index in [-0.39, 0.29) is 28.5 Å². The largest absolute Gasteiger partial charge is 0.383 e. The van der Waals surface area contributed by atoms with Crippen LogP contribution in [0.5, 0.6) is 0 Å². The molecule has 1 unspecified atom stereocenters. The van der Waals surface area contributed by atoms with E-state index in [9.17, 15) is 9.59 Å². The molecular weight excluding hydrogens is 244 g/mol. The summed E-state index contributed by atoms with van der Waals surface area (Å²) in [5.74, 6) is 0.248. The lowest BCUT2D eigenvalue weighted by Crippen LogP contribution is -2.41. The SMILES string of the molecule is CCCn1c(N)c(NC2CC2(C)C)c(=O)n(C)c1=O. The molecule has 0 saturated heterocycles. The van der Waals surface area contributed by atoms with Crippen LogP contribution in [0.4, 0.5) is 11.5 Å². The van der Waals surface area contributed by atoms with Gasteiger partial charge < -0.3 is 11.1 Å². The molecule has 3 N–H and O–H groups in total. The number of nitrogens with one attached hydrogen (secondary N) is 1. The van der Waals surface area contributed by atoms with Crippen LogP contribution in [-0.2, 0) is 13.6 Å². The van der Waals surface area contributed by atoms with E-state index in [0.29, 0.717) is 12.2 Å². The predicted molar refractivity (Wildman–Crippen MR) is 76.5 cm³/mol. The number of nitrogen functional groups attached to an aromatic ring is 1. The van der Waals surface area contributed by atoms with Crippen molar-refractivity contribution in [3.63, 3.8) is 0 Å². The minimum atomic E-state index is -0.357. The van der Waals surface area contributed by atoms with Crippen LogP contribution >= 0.6 is 0 Å². The Morgan fingerprint density at radius 3 is 2.47 bits per heavy atom. The highest BCUT2D eigenvalue weighted by atomic mass is 16.2. The van der Waals surface area contributed by atoms with Gasteiger partial charge in [-0.1, -0.05) is 20.8 Å². The van der Waals surface area contributed by atoms with Gasteiger partial charge in [-0.3, -0.25) is 13.9 Å². The lowest BCUT2D eigenvalue weighted by molar-refractivity contribution is 0.597. The third-order valence-electron chi connectivity index (χ3n) is 3.86. The Balaban J connectivity index is 2.48. The van der Waals surface area contributed by atoms with E-state index < -0.39 is 0 Å². The third kappa shape index (κ3) is 2.27. The van der Waals surface area contributed by atoms with Gasteiger partial charge in [-0.25, -0.2) is 4.79 Å². The molecule has 1 fully saturated rings. The summed E-state index contributed by atoms with van der Waals surface area (Å²) >= 11 is 0. The Kier molecular flexibility index (Phi) is 3.20. The first-order valence-electron chi connectivity index (χ1n) is 6.65. The lowest BCUT2D eigenvalue weighted by Gasteiger charge is -2.16. The second-order valence-corrected chi connectivity index (χ2v) is 5.95. The summed E-state index contributed by atoms with van der Waals surface area (Å²) in [6.07, 6.45) is 1.79. The maximum Gasteiger partial charge on any atom is 0.332 e. The van der Waals surface area contributed by atoms with Crippen molar-refractivity contribution in [3.05, 3.63) is 20.8 Å². The molecule has 19 heavy (non-hydrogen) atoms. The Hall–Kier alpha value is -1.72. The molecule has 1 heterocycles. The van der Waals surface area contributed by atoms with Crippen molar-refractivity contribution in [2.45, 2.75) is 46.2 Å². The van der Waals surface area contributed by atoms with Crippen molar-refractivity contribution >= 4 is 11.5 Å². The lowest BCUT2D eigenvalue weighted by atomic mass is 10.2. The van der Waals surface area contributed by atoms with Gasteiger partial charge in [0, 0.05) is 19.6 Å². The first-order chi connectivity index (χ1) is 8.79. The van der Waals surface area contributed by atoms with Crippen LogP contribution < -0.4 is 22.3 Å². The maximum absolute atomic E-state index is 12.1. The van der Waals surface area contributed by atoms with Crippen LogP contribution in [0.2, 0.25) is 0 Å². The molecule has 106 valence electrons. The van der Waals surface area contributed by atoms with Gasteiger partial charge in [-0.2, -0.15) is 0 Å². The summed E-state index contributed by atoms with van der Waals surface area (Å²) < 4.78 is 2.57. The number of rotatable bonds is 4. The fourth-order valence-electron chi connectivity index (χ4n) is 2.25. The number of nitrogens with two attached hydrogens (primary N) is 1. The Bertz CT molecular complexity index is 612. The minimum Gasteiger partial charge on any atom is -0.383 e. The van der Waals surface area contributed by atoms with Crippen LogP contribution in [0.3, 0.4) is 0 Å². The topological polar surface area (TPSA) is 82.0 Å². The zero-order valence-corrected chi connectivity index (χ0v) is 12.0. The highest BCUT2D eigenvalue weighted by molar-refractivity contribution is 5.62. The molecule has 1 atom stereocenters. The quantitative estimate of drug-likeness (QED) is 0.842. The fourth-order valence-corrected chi connectivity index (χ4v) is 2.25. The molecule has 6 nitrogen and oxygen atoms in total.